The third-order valence-electron chi connectivity index (χ3n) is 3.15. The Balaban J connectivity index is 1.95. The normalized spacial score (nSPS) is 14.0. The molecular weight excluding hydrogens is 262 g/mol. The highest BCUT2D eigenvalue weighted by Gasteiger charge is 2.12. The van der Waals surface area contributed by atoms with Crippen molar-refractivity contribution >= 4 is 0 Å². The minimum atomic E-state index is -0.870. The van der Waals surface area contributed by atoms with Crippen LogP contribution in [0.15, 0.2) is 42.7 Å². The van der Waals surface area contributed by atoms with E-state index in [1.165, 1.54) is 6.07 Å². The molecule has 2 N–H and O–H groups in total. The largest absolute Gasteiger partial charge is 0.387 e. The van der Waals surface area contributed by atoms with Crippen LogP contribution in [0.2, 0.25) is 0 Å². The van der Waals surface area contributed by atoms with Gasteiger partial charge in [-0.3, -0.25) is 4.98 Å². The van der Waals surface area contributed by atoms with Gasteiger partial charge in [0.1, 0.15) is 0 Å². The number of hydrogen-bond donors (Lipinski definition) is 2. The van der Waals surface area contributed by atoms with Crippen molar-refractivity contribution < 1.29 is 13.9 Å². The second-order valence-electron chi connectivity index (χ2n) is 4.60. The lowest BCUT2D eigenvalue weighted by Gasteiger charge is -2.17. The molecule has 2 rings (SSSR count). The minimum Gasteiger partial charge on any atom is -0.387 e. The van der Waals surface area contributed by atoms with E-state index in [1.807, 2.05) is 6.92 Å². The first-order chi connectivity index (χ1) is 9.58. The third-order valence-corrected chi connectivity index (χ3v) is 3.15. The number of hydrogen-bond acceptors (Lipinski definition) is 3. The molecule has 0 saturated heterocycles. The minimum absolute atomic E-state index is 0.193. The molecular formula is C15H16F2N2O. The molecule has 0 amide bonds. The van der Waals surface area contributed by atoms with Gasteiger partial charge < -0.3 is 10.4 Å². The van der Waals surface area contributed by atoms with Crippen LogP contribution < -0.4 is 5.32 Å². The maximum Gasteiger partial charge on any atom is 0.159 e. The summed E-state index contributed by atoms with van der Waals surface area (Å²) in [5.74, 6) is -1.73. The van der Waals surface area contributed by atoms with E-state index in [-0.39, 0.29) is 6.04 Å². The molecule has 106 valence electrons. The van der Waals surface area contributed by atoms with Gasteiger partial charge in [-0.05, 0) is 42.3 Å². The van der Waals surface area contributed by atoms with Crippen molar-refractivity contribution in [3.8, 4) is 0 Å². The van der Waals surface area contributed by atoms with Gasteiger partial charge in [0.25, 0.3) is 0 Å². The Bertz CT molecular complexity index is 563. The molecule has 20 heavy (non-hydrogen) atoms. The van der Waals surface area contributed by atoms with E-state index in [0.717, 1.165) is 17.7 Å². The summed E-state index contributed by atoms with van der Waals surface area (Å²) < 4.78 is 26.0. The third kappa shape index (κ3) is 3.59. The topological polar surface area (TPSA) is 45.1 Å². The molecule has 5 heteroatoms. The summed E-state index contributed by atoms with van der Waals surface area (Å²) in [6, 6.07) is 7.05. The van der Waals surface area contributed by atoms with Crippen molar-refractivity contribution in [3.63, 3.8) is 0 Å². The van der Waals surface area contributed by atoms with Crippen LogP contribution in [0, 0.1) is 11.6 Å². The van der Waals surface area contributed by atoms with E-state index in [2.05, 4.69) is 10.3 Å². The average molecular weight is 278 g/mol. The maximum absolute atomic E-state index is 13.1. The monoisotopic (exact) mass is 278 g/mol. The molecule has 0 fully saturated rings. The van der Waals surface area contributed by atoms with Crippen molar-refractivity contribution in [1.29, 1.82) is 0 Å². The Morgan fingerprint density at radius 1 is 1.10 bits per heavy atom. The van der Waals surface area contributed by atoms with Crippen molar-refractivity contribution in [2.24, 2.45) is 0 Å². The fourth-order valence-corrected chi connectivity index (χ4v) is 1.89. The zero-order valence-electron chi connectivity index (χ0n) is 11.1. The molecule has 0 aliphatic heterocycles. The van der Waals surface area contributed by atoms with Gasteiger partial charge >= 0.3 is 0 Å². The van der Waals surface area contributed by atoms with Gasteiger partial charge in [0, 0.05) is 25.0 Å². The van der Waals surface area contributed by atoms with Crippen LogP contribution >= 0.6 is 0 Å². The van der Waals surface area contributed by atoms with Gasteiger partial charge in [0.15, 0.2) is 11.6 Å². The summed E-state index contributed by atoms with van der Waals surface area (Å²) in [7, 11) is 0. The Hall–Kier alpha value is -1.85. The van der Waals surface area contributed by atoms with Crippen LogP contribution in [0.5, 0.6) is 0 Å². The number of nitrogens with zero attached hydrogens (tertiary/aromatic N) is 1. The summed E-state index contributed by atoms with van der Waals surface area (Å²) in [6.45, 7) is 2.14. The van der Waals surface area contributed by atoms with Gasteiger partial charge in [-0.2, -0.15) is 0 Å². The van der Waals surface area contributed by atoms with Gasteiger partial charge in [0.2, 0.25) is 0 Å². The standard InChI is InChI=1S/C15H16F2N2O/c1-10(12-2-3-13(16)14(17)8-12)19-9-15(20)11-4-6-18-7-5-11/h2-8,10,15,19-20H,9H2,1H3. The van der Waals surface area contributed by atoms with Gasteiger partial charge in [-0.15, -0.1) is 0 Å². The fourth-order valence-electron chi connectivity index (χ4n) is 1.89. The Morgan fingerprint density at radius 3 is 2.45 bits per heavy atom. The maximum atomic E-state index is 13.1. The van der Waals surface area contributed by atoms with E-state index in [4.69, 9.17) is 0 Å². The van der Waals surface area contributed by atoms with Crippen molar-refractivity contribution in [3.05, 3.63) is 65.5 Å². The number of aliphatic hydroxyl groups excluding tert-OH is 1. The molecule has 0 aliphatic rings. The molecule has 0 radical (unpaired) electrons. The summed E-state index contributed by atoms with van der Waals surface area (Å²) in [4.78, 5) is 3.88. The molecule has 1 aromatic heterocycles. The molecule has 0 bridgehead atoms. The lowest BCUT2D eigenvalue weighted by molar-refractivity contribution is 0.170. The van der Waals surface area contributed by atoms with Crippen LogP contribution in [-0.2, 0) is 0 Å². The van der Waals surface area contributed by atoms with E-state index in [9.17, 15) is 13.9 Å². The second-order valence-corrected chi connectivity index (χ2v) is 4.60. The van der Waals surface area contributed by atoms with E-state index in [1.54, 1.807) is 24.5 Å². The quantitative estimate of drug-likeness (QED) is 0.884. The van der Waals surface area contributed by atoms with Crippen molar-refractivity contribution in [1.82, 2.24) is 10.3 Å². The Morgan fingerprint density at radius 2 is 1.80 bits per heavy atom. The zero-order valence-corrected chi connectivity index (χ0v) is 11.1. The molecule has 2 unspecified atom stereocenters. The first kappa shape index (κ1) is 14.6. The number of pyridine rings is 1. The van der Waals surface area contributed by atoms with E-state index in [0.29, 0.717) is 12.1 Å². The highest BCUT2D eigenvalue weighted by Crippen LogP contribution is 2.17. The predicted molar refractivity (Wildman–Crippen MR) is 72.0 cm³/mol. The Kier molecular flexibility index (Phi) is 4.76. The first-order valence-electron chi connectivity index (χ1n) is 6.34. The lowest BCUT2D eigenvalue weighted by atomic mass is 10.1. The zero-order chi connectivity index (χ0) is 14.5. The summed E-state index contributed by atoms with van der Waals surface area (Å²) in [6.07, 6.45) is 2.54. The average Bonchev–Trinajstić information content (AvgIpc) is 2.48. The molecule has 0 saturated carbocycles. The summed E-state index contributed by atoms with van der Waals surface area (Å²) in [5, 5.41) is 13.1. The SMILES string of the molecule is CC(NCC(O)c1ccncc1)c1ccc(F)c(F)c1. The number of aliphatic hydroxyl groups is 1. The molecule has 3 nitrogen and oxygen atoms in total. The van der Waals surface area contributed by atoms with Gasteiger partial charge in [0.05, 0.1) is 6.10 Å². The van der Waals surface area contributed by atoms with Crippen molar-refractivity contribution in [2.75, 3.05) is 6.54 Å². The van der Waals surface area contributed by atoms with Crippen LogP contribution in [0.3, 0.4) is 0 Å². The fraction of sp³-hybridized carbons (Fsp3) is 0.267. The Labute approximate surface area is 116 Å². The number of halogens is 2. The van der Waals surface area contributed by atoms with Crippen LogP contribution in [-0.4, -0.2) is 16.6 Å². The first-order valence-corrected chi connectivity index (χ1v) is 6.34. The smallest absolute Gasteiger partial charge is 0.159 e. The van der Waals surface area contributed by atoms with Crippen LogP contribution in [0.4, 0.5) is 8.78 Å². The highest BCUT2D eigenvalue weighted by atomic mass is 19.2. The molecule has 2 aromatic rings. The van der Waals surface area contributed by atoms with E-state index < -0.39 is 17.7 Å². The molecule has 0 spiro atoms. The molecule has 0 aliphatic carbocycles. The second kappa shape index (κ2) is 6.54. The van der Waals surface area contributed by atoms with Crippen molar-refractivity contribution in [2.45, 2.75) is 19.1 Å². The summed E-state index contributed by atoms with van der Waals surface area (Å²) >= 11 is 0. The van der Waals surface area contributed by atoms with Crippen LogP contribution in [0.25, 0.3) is 0 Å². The van der Waals surface area contributed by atoms with Crippen LogP contribution in [0.1, 0.15) is 30.2 Å². The van der Waals surface area contributed by atoms with Gasteiger partial charge in [-0.25, -0.2) is 8.78 Å². The van der Waals surface area contributed by atoms with Gasteiger partial charge in [-0.1, -0.05) is 6.07 Å². The van der Waals surface area contributed by atoms with E-state index >= 15 is 0 Å². The number of aromatic nitrogens is 1. The highest BCUT2D eigenvalue weighted by molar-refractivity contribution is 5.21. The molecule has 1 aromatic carbocycles. The number of rotatable bonds is 5. The lowest BCUT2D eigenvalue weighted by Crippen LogP contribution is -2.24. The predicted octanol–water partition coefficient (Wildman–Crippen LogP) is 2.74. The number of benzene rings is 1. The summed E-state index contributed by atoms with van der Waals surface area (Å²) in [5.41, 5.74) is 1.39. The molecule has 1 heterocycles. The molecule has 2 atom stereocenters. The number of nitrogens with one attached hydrogen (secondary N) is 1.